The Kier molecular flexibility index (Phi) is 6.04. The molecule has 92 valence electrons. The lowest BCUT2D eigenvalue weighted by Gasteiger charge is -2.12. The summed E-state index contributed by atoms with van der Waals surface area (Å²) in [6.45, 7) is 0.401. The average Bonchev–Trinajstić information content (AvgIpc) is 2.29. The van der Waals surface area contributed by atoms with Crippen LogP contribution in [-0.2, 0) is 11.2 Å². The van der Waals surface area contributed by atoms with Crippen LogP contribution < -0.4 is 0 Å². The molecule has 1 aromatic rings. The maximum Gasteiger partial charge on any atom is 0.189 e. The lowest BCUT2D eigenvalue weighted by atomic mass is 10.2. The van der Waals surface area contributed by atoms with Crippen LogP contribution in [0.15, 0.2) is 30.3 Å². The minimum atomic E-state index is -1.02. The number of hydrogen-bond donors (Lipinski definition) is 2. The molecular formula is C12H14O3S2. The van der Waals surface area contributed by atoms with Crippen LogP contribution in [-0.4, -0.2) is 33.0 Å². The molecule has 5 heteroatoms. The summed E-state index contributed by atoms with van der Waals surface area (Å²) in [5.74, 6) is 0. The Morgan fingerprint density at radius 1 is 1.24 bits per heavy atom. The van der Waals surface area contributed by atoms with E-state index in [1.165, 1.54) is 0 Å². The first-order chi connectivity index (χ1) is 8.09. The van der Waals surface area contributed by atoms with E-state index in [4.69, 9.17) is 22.1 Å². The van der Waals surface area contributed by atoms with Crippen molar-refractivity contribution < 1.29 is 14.9 Å². The summed E-state index contributed by atoms with van der Waals surface area (Å²) in [7, 11) is 0. The second-order valence-corrected chi connectivity index (χ2v) is 4.39. The third-order valence-corrected chi connectivity index (χ3v) is 2.67. The predicted octanol–water partition coefficient (Wildman–Crippen LogP) is 2.21. The molecule has 0 aromatic heterocycles. The molecule has 1 unspecified atom stereocenters. The SMILES string of the molecule is OC(=S)CC(O)C(=S)OCCc1ccccc1. The number of benzene rings is 1. The van der Waals surface area contributed by atoms with Crippen molar-refractivity contribution in [3.63, 3.8) is 0 Å². The highest BCUT2D eigenvalue weighted by Crippen LogP contribution is 2.03. The normalized spacial score (nSPS) is 11.8. The van der Waals surface area contributed by atoms with Gasteiger partial charge >= 0.3 is 0 Å². The molecule has 3 nitrogen and oxygen atoms in total. The lowest BCUT2D eigenvalue weighted by molar-refractivity contribution is 0.195. The smallest absolute Gasteiger partial charge is 0.189 e. The topological polar surface area (TPSA) is 49.7 Å². The Hall–Kier alpha value is -1.04. The van der Waals surface area contributed by atoms with Crippen LogP contribution in [0, 0.1) is 0 Å². The number of hydrogen-bond acceptors (Lipinski definition) is 4. The second kappa shape index (κ2) is 7.32. The van der Waals surface area contributed by atoms with E-state index in [1.807, 2.05) is 30.3 Å². The van der Waals surface area contributed by atoms with Crippen LogP contribution in [0.5, 0.6) is 0 Å². The number of ether oxygens (including phenoxy) is 1. The predicted molar refractivity (Wildman–Crippen MR) is 74.5 cm³/mol. The van der Waals surface area contributed by atoms with Gasteiger partial charge in [-0.25, -0.2) is 0 Å². The van der Waals surface area contributed by atoms with Crippen LogP contribution >= 0.6 is 24.4 Å². The molecule has 1 rings (SSSR count). The van der Waals surface area contributed by atoms with Crippen LogP contribution in [0.1, 0.15) is 12.0 Å². The summed E-state index contributed by atoms with van der Waals surface area (Å²) < 4.78 is 5.22. The average molecular weight is 270 g/mol. The zero-order chi connectivity index (χ0) is 12.7. The van der Waals surface area contributed by atoms with E-state index >= 15 is 0 Å². The van der Waals surface area contributed by atoms with Crippen molar-refractivity contribution >= 4 is 34.5 Å². The fourth-order valence-corrected chi connectivity index (χ4v) is 1.58. The van der Waals surface area contributed by atoms with Crippen molar-refractivity contribution in [2.75, 3.05) is 6.61 Å². The molecule has 1 aromatic carbocycles. The summed E-state index contributed by atoms with van der Waals surface area (Å²) in [5.41, 5.74) is 1.14. The van der Waals surface area contributed by atoms with Gasteiger partial charge in [0.2, 0.25) is 0 Å². The third kappa shape index (κ3) is 5.72. The molecule has 1 atom stereocenters. The largest absolute Gasteiger partial charge is 0.502 e. The Morgan fingerprint density at radius 3 is 2.47 bits per heavy atom. The maximum absolute atomic E-state index is 9.47. The van der Waals surface area contributed by atoms with Gasteiger partial charge in [0.15, 0.2) is 10.1 Å². The Balaban J connectivity index is 2.27. The molecule has 17 heavy (non-hydrogen) atoms. The minimum absolute atomic E-state index is 0.0560. The van der Waals surface area contributed by atoms with Gasteiger partial charge in [0.25, 0.3) is 0 Å². The summed E-state index contributed by atoms with van der Waals surface area (Å²) in [5, 5.41) is 18.1. The van der Waals surface area contributed by atoms with Crippen molar-refractivity contribution in [1.29, 1.82) is 0 Å². The van der Waals surface area contributed by atoms with Gasteiger partial charge in [-0.05, 0) is 30.0 Å². The van der Waals surface area contributed by atoms with E-state index < -0.39 is 6.10 Å². The van der Waals surface area contributed by atoms with Crippen LogP contribution in [0.25, 0.3) is 0 Å². The molecule has 0 heterocycles. The number of aliphatic hydroxyl groups excluding tert-OH is 2. The fourth-order valence-electron chi connectivity index (χ4n) is 1.26. The van der Waals surface area contributed by atoms with Gasteiger partial charge in [-0.1, -0.05) is 30.3 Å². The van der Waals surface area contributed by atoms with Crippen molar-refractivity contribution in [2.24, 2.45) is 0 Å². The summed E-state index contributed by atoms with van der Waals surface area (Å²) in [4.78, 5) is 0. The van der Waals surface area contributed by atoms with Gasteiger partial charge in [-0.15, -0.1) is 0 Å². The summed E-state index contributed by atoms with van der Waals surface area (Å²) in [6.07, 6.45) is -0.352. The van der Waals surface area contributed by atoms with Crippen molar-refractivity contribution in [1.82, 2.24) is 0 Å². The van der Waals surface area contributed by atoms with Crippen molar-refractivity contribution in [3.8, 4) is 0 Å². The highest BCUT2D eigenvalue weighted by Gasteiger charge is 2.13. The molecule has 0 bridgehead atoms. The quantitative estimate of drug-likeness (QED) is 0.776. The lowest BCUT2D eigenvalue weighted by Crippen LogP contribution is -2.24. The molecule has 0 fully saturated rings. The van der Waals surface area contributed by atoms with Crippen LogP contribution in [0.3, 0.4) is 0 Å². The fraction of sp³-hybridized carbons (Fsp3) is 0.333. The van der Waals surface area contributed by atoms with Gasteiger partial charge in [0, 0.05) is 12.8 Å². The van der Waals surface area contributed by atoms with E-state index in [1.54, 1.807) is 0 Å². The van der Waals surface area contributed by atoms with E-state index in [9.17, 15) is 5.11 Å². The molecule has 0 aliphatic carbocycles. The molecule has 0 saturated heterocycles. The van der Waals surface area contributed by atoms with Gasteiger partial charge in [0.1, 0.15) is 6.10 Å². The second-order valence-electron chi connectivity index (χ2n) is 3.52. The first-order valence-corrected chi connectivity index (χ1v) is 6.01. The first kappa shape index (κ1) is 14.0. The highest BCUT2D eigenvalue weighted by molar-refractivity contribution is 7.80. The molecule has 0 saturated carbocycles. The summed E-state index contributed by atoms with van der Waals surface area (Å²) >= 11 is 9.33. The molecule has 0 spiro atoms. The number of aliphatic hydroxyl groups is 2. The minimum Gasteiger partial charge on any atom is -0.502 e. The Morgan fingerprint density at radius 2 is 1.88 bits per heavy atom. The van der Waals surface area contributed by atoms with E-state index in [0.717, 1.165) is 12.0 Å². The van der Waals surface area contributed by atoms with E-state index in [-0.39, 0.29) is 16.5 Å². The van der Waals surface area contributed by atoms with Crippen molar-refractivity contribution in [3.05, 3.63) is 35.9 Å². The third-order valence-electron chi connectivity index (χ3n) is 2.12. The standard InChI is InChI=1S/C12H14O3S2/c13-10(8-11(14)16)12(17)15-7-6-9-4-2-1-3-5-9/h1-5,10,13H,6-8H2,(H,14,16). The first-order valence-electron chi connectivity index (χ1n) is 5.20. The zero-order valence-electron chi connectivity index (χ0n) is 9.20. The number of rotatable bonds is 6. The van der Waals surface area contributed by atoms with Gasteiger partial charge < -0.3 is 14.9 Å². The molecule has 0 amide bonds. The molecular weight excluding hydrogens is 256 g/mol. The molecule has 0 aliphatic rings. The van der Waals surface area contributed by atoms with E-state index in [0.29, 0.717) is 6.61 Å². The zero-order valence-corrected chi connectivity index (χ0v) is 10.8. The molecule has 0 radical (unpaired) electrons. The monoisotopic (exact) mass is 270 g/mol. The Bertz CT molecular complexity index is 379. The van der Waals surface area contributed by atoms with Crippen LogP contribution in [0.2, 0.25) is 0 Å². The van der Waals surface area contributed by atoms with Gasteiger partial charge in [0.05, 0.1) is 6.61 Å². The summed E-state index contributed by atoms with van der Waals surface area (Å²) in [6, 6.07) is 9.83. The van der Waals surface area contributed by atoms with Crippen LogP contribution in [0.4, 0.5) is 0 Å². The maximum atomic E-state index is 9.47. The highest BCUT2D eigenvalue weighted by atomic mass is 32.1. The van der Waals surface area contributed by atoms with Gasteiger partial charge in [-0.2, -0.15) is 0 Å². The number of thiocarbonyl (C=S) groups is 2. The molecule has 2 N–H and O–H groups in total. The van der Waals surface area contributed by atoms with Gasteiger partial charge in [-0.3, -0.25) is 0 Å². The van der Waals surface area contributed by atoms with E-state index in [2.05, 4.69) is 12.2 Å². The van der Waals surface area contributed by atoms with Crippen molar-refractivity contribution in [2.45, 2.75) is 18.9 Å². The molecule has 0 aliphatic heterocycles. The Labute approximate surface area is 111 Å².